The van der Waals surface area contributed by atoms with E-state index >= 15 is 0 Å². The van der Waals surface area contributed by atoms with Crippen LogP contribution in [0.2, 0.25) is 0 Å². The third kappa shape index (κ3) is 3.71. The van der Waals surface area contributed by atoms with E-state index in [2.05, 4.69) is 13.8 Å². The van der Waals surface area contributed by atoms with Crippen molar-refractivity contribution in [2.45, 2.75) is 46.0 Å². The van der Waals surface area contributed by atoms with Crippen LogP contribution >= 0.6 is 0 Å². The molecular formula is C15H26N2O2. The molecule has 0 unspecified atom stereocenters. The van der Waals surface area contributed by atoms with Gasteiger partial charge in [-0.3, -0.25) is 9.59 Å². The average molecular weight is 266 g/mol. The topological polar surface area (TPSA) is 40.6 Å². The van der Waals surface area contributed by atoms with Gasteiger partial charge in [0.25, 0.3) is 0 Å². The molecule has 1 saturated carbocycles. The van der Waals surface area contributed by atoms with Crippen LogP contribution in [-0.4, -0.2) is 47.8 Å². The fraction of sp³-hybridized carbons (Fsp3) is 0.867. The molecule has 1 aliphatic heterocycles. The molecule has 1 aliphatic carbocycles. The average Bonchev–Trinajstić information content (AvgIpc) is 2.91. The van der Waals surface area contributed by atoms with Crippen LogP contribution in [0.15, 0.2) is 0 Å². The van der Waals surface area contributed by atoms with Gasteiger partial charge in [0.1, 0.15) is 0 Å². The Bertz CT molecular complexity index is 327. The molecule has 2 rings (SSSR count). The number of amides is 2. The molecule has 0 aromatic carbocycles. The lowest BCUT2D eigenvalue weighted by Crippen LogP contribution is -2.51. The Labute approximate surface area is 116 Å². The first-order valence-electron chi connectivity index (χ1n) is 7.64. The van der Waals surface area contributed by atoms with E-state index in [1.165, 1.54) is 12.8 Å². The lowest BCUT2D eigenvalue weighted by molar-refractivity contribution is -0.142. The first-order chi connectivity index (χ1) is 9.08. The highest BCUT2D eigenvalue weighted by molar-refractivity contribution is 5.80. The Morgan fingerprint density at radius 1 is 1.00 bits per heavy atom. The number of piperazine rings is 1. The van der Waals surface area contributed by atoms with Crippen LogP contribution in [0.5, 0.6) is 0 Å². The predicted molar refractivity (Wildman–Crippen MR) is 74.6 cm³/mol. The van der Waals surface area contributed by atoms with Crippen molar-refractivity contribution in [2.75, 3.05) is 26.2 Å². The molecule has 4 heteroatoms. The van der Waals surface area contributed by atoms with Crippen molar-refractivity contribution in [3.05, 3.63) is 0 Å². The monoisotopic (exact) mass is 266 g/mol. The SMILES string of the molecule is CC(C)CC(=O)N1CCN(C(=O)C2CCCC2)CC1. The summed E-state index contributed by atoms with van der Waals surface area (Å²) in [5, 5.41) is 0. The largest absolute Gasteiger partial charge is 0.339 e. The molecule has 0 atom stereocenters. The summed E-state index contributed by atoms with van der Waals surface area (Å²) in [7, 11) is 0. The Morgan fingerprint density at radius 3 is 2.05 bits per heavy atom. The van der Waals surface area contributed by atoms with Crippen LogP contribution in [-0.2, 0) is 9.59 Å². The quantitative estimate of drug-likeness (QED) is 0.782. The molecule has 0 bridgehead atoms. The van der Waals surface area contributed by atoms with Gasteiger partial charge in [0.15, 0.2) is 0 Å². The molecule has 0 aromatic heterocycles. The minimum atomic E-state index is 0.239. The van der Waals surface area contributed by atoms with E-state index in [4.69, 9.17) is 0 Å². The van der Waals surface area contributed by atoms with Crippen molar-refractivity contribution in [1.82, 2.24) is 9.80 Å². The maximum atomic E-state index is 12.3. The number of hydrogen-bond acceptors (Lipinski definition) is 2. The maximum Gasteiger partial charge on any atom is 0.225 e. The third-order valence-corrected chi connectivity index (χ3v) is 4.23. The summed E-state index contributed by atoms with van der Waals surface area (Å²) in [6.45, 7) is 7.00. The van der Waals surface area contributed by atoms with Crippen molar-refractivity contribution in [2.24, 2.45) is 11.8 Å². The first kappa shape index (κ1) is 14.4. The summed E-state index contributed by atoms with van der Waals surface area (Å²) in [5.41, 5.74) is 0. The second-order valence-electron chi connectivity index (χ2n) is 6.29. The molecule has 1 heterocycles. The Morgan fingerprint density at radius 2 is 1.53 bits per heavy atom. The van der Waals surface area contributed by atoms with E-state index in [1.807, 2.05) is 9.80 Å². The highest BCUT2D eigenvalue weighted by atomic mass is 16.2. The molecule has 1 saturated heterocycles. The van der Waals surface area contributed by atoms with E-state index in [-0.39, 0.29) is 11.8 Å². The van der Waals surface area contributed by atoms with E-state index in [1.54, 1.807) is 0 Å². The first-order valence-corrected chi connectivity index (χ1v) is 7.64. The van der Waals surface area contributed by atoms with Gasteiger partial charge in [-0.15, -0.1) is 0 Å². The molecule has 4 nitrogen and oxygen atoms in total. The zero-order valence-electron chi connectivity index (χ0n) is 12.2. The van der Waals surface area contributed by atoms with Crippen molar-refractivity contribution in [3.63, 3.8) is 0 Å². The van der Waals surface area contributed by atoms with Crippen molar-refractivity contribution in [3.8, 4) is 0 Å². The Kier molecular flexibility index (Phi) is 4.83. The minimum Gasteiger partial charge on any atom is -0.339 e. The number of carbonyl (C=O) groups excluding carboxylic acids is 2. The van der Waals surface area contributed by atoms with Crippen molar-refractivity contribution < 1.29 is 9.59 Å². The van der Waals surface area contributed by atoms with Gasteiger partial charge in [0.05, 0.1) is 0 Å². The van der Waals surface area contributed by atoms with Crippen LogP contribution in [0.1, 0.15) is 46.0 Å². The second kappa shape index (κ2) is 6.40. The van der Waals surface area contributed by atoms with Crippen molar-refractivity contribution >= 4 is 11.8 Å². The van der Waals surface area contributed by atoms with E-state index in [0.29, 0.717) is 31.3 Å². The van der Waals surface area contributed by atoms with Crippen LogP contribution in [0.3, 0.4) is 0 Å². The van der Waals surface area contributed by atoms with Gasteiger partial charge >= 0.3 is 0 Å². The molecule has 0 N–H and O–H groups in total. The molecule has 2 amide bonds. The van der Waals surface area contributed by atoms with Crippen LogP contribution in [0.25, 0.3) is 0 Å². The van der Waals surface area contributed by atoms with Gasteiger partial charge in [0, 0.05) is 38.5 Å². The highest BCUT2D eigenvalue weighted by Gasteiger charge is 2.30. The summed E-state index contributed by atoms with van der Waals surface area (Å²) in [6, 6.07) is 0. The number of rotatable bonds is 3. The van der Waals surface area contributed by atoms with Crippen LogP contribution < -0.4 is 0 Å². The molecule has 19 heavy (non-hydrogen) atoms. The van der Waals surface area contributed by atoms with Gasteiger partial charge in [-0.25, -0.2) is 0 Å². The van der Waals surface area contributed by atoms with Crippen molar-refractivity contribution in [1.29, 1.82) is 0 Å². The molecule has 0 aromatic rings. The summed E-state index contributed by atoms with van der Waals surface area (Å²) >= 11 is 0. The maximum absolute atomic E-state index is 12.3. The highest BCUT2D eigenvalue weighted by Crippen LogP contribution is 2.27. The van der Waals surface area contributed by atoms with Gasteiger partial charge in [0.2, 0.25) is 11.8 Å². The number of hydrogen-bond donors (Lipinski definition) is 0. The summed E-state index contributed by atoms with van der Waals surface area (Å²) in [4.78, 5) is 28.1. The van der Waals surface area contributed by atoms with Crippen LogP contribution in [0, 0.1) is 11.8 Å². The molecule has 2 aliphatic rings. The van der Waals surface area contributed by atoms with E-state index < -0.39 is 0 Å². The zero-order chi connectivity index (χ0) is 13.8. The lowest BCUT2D eigenvalue weighted by Gasteiger charge is -2.36. The number of carbonyl (C=O) groups is 2. The smallest absolute Gasteiger partial charge is 0.225 e. The summed E-state index contributed by atoms with van der Waals surface area (Å²) < 4.78 is 0. The Hall–Kier alpha value is -1.06. The predicted octanol–water partition coefficient (Wildman–Crippen LogP) is 1.89. The van der Waals surface area contributed by atoms with Crippen LogP contribution in [0.4, 0.5) is 0 Å². The second-order valence-corrected chi connectivity index (χ2v) is 6.29. The normalized spacial score (nSPS) is 21.2. The summed E-state index contributed by atoms with van der Waals surface area (Å²) in [5.74, 6) is 1.24. The molecular weight excluding hydrogens is 240 g/mol. The van der Waals surface area contributed by atoms with Gasteiger partial charge < -0.3 is 9.80 Å². The lowest BCUT2D eigenvalue weighted by atomic mass is 10.1. The van der Waals surface area contributed by atoms with Gasteiger partial charge in [-0.2, -0.15) is 0 Å². The summed E-state index contributed by atoms with van der Waals surface area (Å²) in [6.07, 6.45) is 5.14. The molecule has 2 fully saturated rings. The third-order valence-electron chi connectivity index (χ3n) is 4.23. The number of nitrogens with zero attached hydrogens (tertiary/aromatic N) is 2. The van der Waals surface area contributed by atoms with E-state index in [0.717, 1.165) is 25.9 Å². The fourth-order valence-corrected chi connectivity index (χ4v) is 3.09. The van der Waals surface area contributed by atoms with Gasteiger partial charge in [-0.1, -0.05) is 26.7 Å². The minimum absolute atomic E-state index is 0.239. The zero-order valence-corrected chi connectivity index (χ0v) is 12.2. The molecule has 0 spiro atoms. The Balaban J connectivity index is 1.78. The molecule has 0 radical (unpaired) electrons. The molecule has 108 valence electrons. The fourth-order valence-electron chi connectivity index (χ4n) is 3.09. The van der Waals surface area contributed by atoms with E-state index in [9.17, 15) is 9.59 Å². The standard InChI is InChI=1S/C15H26N2O2/c1-12(2)11-14(18)16-7-9-17(10-8-16)15(19)13-5-3-4-6-13/h12-13H,3-11H2,1-2H3. The van der Waals surface area contributed by atoms with Gasteiger partial charge in [-0.05, 0) is 18.8 Å².